The molecule has 0 radical (unpaired) electrons. The molecule has 0 aliphatic carbocycles. The lowest BCUT2D eigenvalue weighted by Crippen LogP contribution is -2.35. The van der Waals surface area contributed by atoms with Crippen molar-refractivity contribution in [1.29, 1.82) is 0 Å². The monoisotopic (exact) mass is 409 g/mol. The first-order chi connectivity index (χ1) is 14.1. The lowest BCUT2D eigenvalue weighted by atomic mass is 10.2. The van der Waals surface area contributed by atoms with Crippen LogP contribution >= 0.6 is 11.8 Å². The van der Waals surface area contributed by atoms with Gasteiger partial charge in [0, 0.05) is 16.7 Å². The number of hydrogen-bond donors (Lipinski definition) is 0. The fraction of sp³-hybridized carbons (Fsp3) is 0.250. The van der Waals surface area contributed by atoms with Gasteiger partial charge in [-0.25, -0.2) is 9.48 Å². The van der Waals surface area contributed by atoms with Crippen molar-refractivity contribution < 1.29 is 14.3 Å². The fourth-order valence-corrected chi connectivity index (χ4v) is 4.20. The maximum absolute atomic E-state index is 12.8. The van der Waals surface area contributed by atoms with Crippen molar-refractivity contribution >= 4 is 29.3 Å². The number of carbonyl (C=O) groups excluding carboxylic acids is 2. The maximum Gasteiger partial charge on any atom is 0.338 e. The molecule has 9 heteroatoms. The van der Waals surface area contributed by atoms with E-state index < -0.39 is 5.97 Å². The molecule has 148 valence electrons. The third kappa shape index (κ3) is 4.29. The van der Waals surface area contributed by atoms with Gasteiger partial charge in [0.05, 0.1) is 16.9 Å². The number of para-hydroxylation sites is 1. The van der Waals surface area contributed by atoms with Gasteiger partial charge in [0.1, 0.15) is 6.33 Å². The Kier molecular flexibility index (Phi) is 5.57. The number of anilines is 1. The Morgan fingerprint density at radius 3 is 2.90 bits per heavy atom. The van der Waals surface area contributed by atoms with Crippen LogP contribution in [0.1, 0.15) is 23.7 Å². The summed E-state index contributed by atoms with van der Waals surface area (Å²) in [5.41, 5.74) is 1.82. The number of rotatable bonds is 4. The second-order valence-corrected chi connectivity index (χ2v) is 8.09. The molecule has 0 N–H and O–H groups in total. The molecule has 4 rings (SSSR count). The highest BCUT2D eigenvalue weighted by Crippen LogP contribution is 2.37. The summed E-state index contributed by atoms with van der Waals surface area (Å²) in [5, 5.41) is 11.4. The Morgan fingerprint density at radius 1 is 1.21 bits per heavy atom. The molecule has 0 fully saturated rings. The molecule has 0 saturated heterocycles. The summed E-state index contributed by atoms with van der Waals surface area (Å²) in [7, 11) is 0. The third-order valence-corrected chi connectivity index (χ3v) is 5.80. The highest BCUT2D eigenvalue weighted by molar-refractivity contribution is 8.00. The molecule has 1 unspecified atom stereocenters. The van der Waals surface area contributed by atoms with Crippen LogP contribution < -0.4 is 4.90 Å². The minimum absolute atomic E-state index is 0.239. The predicted molar refractivity (Wildman–Crippen MR) is 108 cm³/mol. The summed E-state index contributed by atoms with van der Waals surface area (Å²) < 4.78 is 6.74. The molecule has 0 bridgehead atoms. The molecule has 1 atom stereocenters. The number of nitrogens with zero attached hydrogens (tertiary/aromatic N) is 5. The number of fused-ring (bicyclic) bond motifs is 1. The molecular formula is C20H19N5O3S. The van der Waals surface area contributed by atoms with Crippen LogP contribution in [0, 0.1) is 0 Å². The standard InChI is InChI=1S/C20H19N5O3S/c1-14-9-10-24(17-7-2-3-8-18(17)29-14)19(26)12-28-20(27)15-5-4-6-16(11-15)25-13-21-22-23-25/h2-8,11,13-14H,9-10,12H2,1H3. The number of ether oxygens (including phenoxy) is 1. The van der Waals surface area contributed by atoms with Crippen LogP contribution in [0.15, 0.2) is 59.8 Å². The normalized spacial score (nSPS) is 16.0. The number of thioether (sulfide) groups is 1. The minimum Gasteiger partial charge on any atom is -0.452 e. The van der Waals surface area contributed by atoms with E-state index in [0.29, 0.717) is 23.0 Å². The number of aromatic nitrogens is 4. The number of hydrogen-bond acceptors (Lipinski definition) is 7. The van der Waals surface area contributed by atoms with Gasteiger partial charge in [-0.2, -0.15) is 0 Å². The zero-order valence-corrected chi connectivity index (χ0v) is 16.6. The topological polar surface area (TPSA) is 90.2 Å². The summed E-state index contributed by atoms with van der Waals surface area (Å²) in [6.07, 6.45) is 2.30. The van der Waals surface area contributed by atoms with Gasteiger partial charge in [-0.05, 0) is 47.2 Å². The van der Waals surface area contributed by atoms with Crippen LogP contribution in [0.5, 0.6) is 0 Å². The molecule has 1 aliphatic heterocycles. The van der Waals surface area contributed by atoms with Crippen molar-refractivity contribution in [3.63, 3.8) is 0 Å². The smallest absolute Gasteiger partial charge is 0.338 e. The molecule has 0 saturated carbocycles. The van der Waals surface area contributed by atoms with E-state index in [1.165, 1.54) is 11.0 Å². The van der Waals surface area contributed by atoms with Crippen LogP contribution in [-0.4, -0.2) is 50.5 Å². The van der Waals surface area contributed by atoms with Gasteiger partial charge in [0.2, 0.25) is 0 Å². The highest BCUT2D eigenvalue weighted by atomic mass is 32.2. The van der Waals surface area contributed by atoms with Gasteiger partial charge in [0.15, 0.2) is 6.61 Å². The zero-order chi connectivity index (χ0) is 20.2. The van der Waals surface area contributed by atoms with Crippen molar-refractivity contribution in [2.24, 2.45) is 0 Å². The first-order valence-electron chi connectivity index (χ1n) is 9.18. The number of esters is 1. The Balaban J connectivity index is 1.45. The summed E-state index contributed by atoms with van der Waals surface area (Å²) in [5.74, 6) is -0.809. The average molecular weight is 409 g/mol. The van der Waals surface area contributed by atoms with Crippen molar-refractivity contribution in [3.8, 4) is 5.69 Å². The zero-order valence-electron chi connectivity index (χ0n) is 15.8. The van der Waals surface area contributed by atoms with Gasteiger partial charge in [-0.1, -0.05) is 25.1 Å². The number of tetrazole rings is 1. The third-order valence-electron chi connectivity index (χ3n) is 4.57. The van der Waals surface area contributed by atoms with E-state index in [9.17, 15) is 9.59 Å². The summed E-state index contributed by atoms with van der Waals surface area (Å²) in [4.78, 5) is 28.0. The Morgan fingerprint density at radius 2 is 2.07 bits per heavy atom. The maximum atomic E-state index is 12.8. The number of amides is 1. The average Bonchev–Trinajstić information content (AvgIpc) is 3.22. The van der Waals surface area contributed by atoms with E-state index in [1.54, 1.807) is 40.9 Å². The van der Waals surface area contributed by atoms with Crippen LogP contribution in [0.3, 0.4) is 0 Å². The van der Waals surface area contributed by atoms with Crippen LogP contribution in [0.4, 0.5) is 5.69 Å². The SMILES string of the molecule is CC1CCN(C(=O)COC(=O)c2cccc(-n3cnnn3)c2)c2ccccc2S1. The lowest BCUT2D eigenvalue weighted by Gasteiger charge is -2.22. The van der Waals surface area contributed by atoms with Crippen molar-refractivity contribution in [3.05, 3.63) is 60.4 Å². The Bertz CT molecular complexity index is 1020. The predicted octanol–water partition coefficient (Wildman–Crippen LogP) is 2.74. The molecule has 2 heterocycles. The largest absolute Gasteiger partial charge is 0.452 e. The fourth-order valence-electron chi connectivity index (χ4n) is 3.09. The minimum atomic E-state index is -0.570. The summed E-state index contributed by atoms with van der Waals surface area (Å²) in [6, 6.07) is 14.5. The van der Waals surface area contributed by atoms with Crippen molar-refractivity contribution in [1.82, 2.24) is 20.2 Å². The molecule has 29 heavy (non-hydrogen) atoms. The van der Waals surface area contributed by atoms with E-state index in [4.69, 9.17) is 4.74 Å². The van der Waals surface area contributed by atoms with Gasteiger partial charge in [-0.15, -0.1) is 16.9 Å². The molecular weight excluding hydrogens is 390 g/mol. The number of benzene rings is 2. The van der Waals surface area contributed by atoms with Gasteiger partial charge < -0.3 is 9.64 Å². The van der Waals surface area contributed by atoms with E-state index in [1.807, 2.05) is 24.3 Å². The molecule has 1 amide bonds. The van der Waals surface area contributed by atoms with Gasteiger partial charge in [-0.3, -0.25) is 4.79 Å². The molecule has 1 aliphatic rings. The van der Waals surface area contributed by atoms with Gasteiger partial charge >= 0.3 is 5.97 Å². The van der Waals surface area contributed by atoms with E-state index in [2.05, 4.69) is 22.4 Å². The molecule has 2 aromatic carbocycles. The van der Waals surface area contributed by atoms with Crippen LogP contribution in [0.2, 0.25) is 0 Å². The van der Waals surface area contributed by atoms with E-state index in [-0.39, 0.29) is 12.5 Å². The lowest BCUT2D eigenvalue weighted by molar-refractivity contribution is -0.121. The van der Waals surface area contributed by atoms with E-state index in [0.717, 1.165) is 17.0 Å². The molecule has 8 nitrogen and oxygen atoms in total. The van der Waals surface area contributed by atoms with Crippen LogP contribution in [0.25, 0.3) is 5.69 Å². The van der Waals surface area contributed by atoms with Crippen LogP contribution in [-0.2, 0) is 9.53 Å². The molecule has 1 aromatic heterocycles. The van der Waals surface area contributed by atoms with Gasteiger partial charge in [0.25, 0.3) is 5.91 Å². The second-order valence-electron chi connectivity index (χ2n) is 6.61. The highest BCUT2D eigenvalue weighted by Gasteiger charge is 2.25. The van der Waals surface area contributed by atoms with Crippen molar-refractivity contribution in [2.45, 2.75) is 23.5 Å². The quantitative estimate of drug-likeness (QED) is 0.612. The van der Waals surface area contributed by atoms with Crippen molar-refractivity contribution in [2.75, 3.05) is 18.1 Å². The molecule has 0 spiro atoms. The van der Waals surface area contributed by atoms with E-state index >= 15 is 0 Å². The Labute approximate surface area is 171 Å². The second kappa shape index (κ2) is 8.44. The summed E-state index contributed by atoms with van der Waals surface area (Å²) >= 11 is 1.76. The Hall–Kier alpha value is -3.20. The first kappa shape index (κ1) is 19.1. The summed E-state index contributed by atoms with van der Waals surface area (Å²) in [6.45, 7) is 2.42. The first-order valence-corrected chi connectivity index (χ1v) is 10.1. The molecule has 3 aromatic rings. The number of carbonyl (C=O) groups is 2.